The standard InChI is InChI=1S/C19H22N2O4/c22-18-3-1-2-15-14-6-12(9-21(15)18)8-20(10-14)19(23)13-4-5-16-17(7-13)25-11-24-16/h4-5,7,12,14-15H,1-3,6,8-11H2/t12?,14?,15-/m1/s1. The van der Waals surface area contributed by atoms with Gasteiger partial charge in [-0.15, -0.1) is 0 Å². The normalized spacial score (nSPS) is 30.2. The summed E-state index contributed by atoms with van der Waals surface area (Å²) in [5.41, 5.74) is 0.654. The number of piperidine rings is 3. The van der Waals surface area contributed by atoms with Gasteiger partial charge in [-0.3, -0.25) is 9.59 Å². The first-order chi connectivity index (χ1) is 12.2. The molecule has 4 aliphatic rings. The Labute approximate surface area is 146 Å². The molecule has 3 atom stereocenters. The number of hydrogen-bond acceptors (Lipinski definition) is 4. The second-order valence-corrected chi connectivity index (χ2v) is 7.65. The van der Waals surface area contributed by atoms with Crippen LogP contribution in [-0.4, -0.2) is 54.1 Å². The Morgan fingerprint density at radius 3 is 2.92 bits per heavy atom. The highest BCUT2D eigenvalue weighted by Crippen LogP contribution is 2.39. The number of nitrogens with zero attached hydrogens (tertiary/aromatic N) is 2. The van der Waals surface area contributed by atoms with Crippen LogP contribution in [0.4, 0.5) is 0 Å². The molecule has 132 valence electrons. The molecule has 2 amide bonds. The van der Waals surface area contributed by atoms with Crippen molar-refractivity contribution in [2.75, 3.05) is 26.4 Å². The molecule has 2 unspecified atom stereocenters. The number of hydrogen-bond donors (Lipinski definition) is 0. The van der Waals surface area contributed by atoms with Crippen LogP contribution in [0.25, 0.3) is 0 Å². The molecule has 4 aliphatic heterocycles. The van der Waals surface area contributed by atoms with Crippen molar-refractivity contribution in [3.8, 4) is 11.5 Å². The zero-order valence-corrected chi connectivity index (χ0v) is 14.1. The maximum atomic E-state index is 13.0. The third-order valence-corrected chi connectivity index (χ3v) is 6.09. The van der Waals surface area contributed by atoms with Crippen LogP contribution < -0.4 is 9.47 Å². The Bertz CT molecular complexity index is 734. The number of carbonyl (C=O) groups is 2. The first-order valence-electron chi connectivity index (χ1n) is 9.17. The second kappa shape index (κ2) is 5.64. The molecule has 0 N–H and O–H groups in total. The molecule has 0 aliphatic carbocycles. The molecular formula is C19H22N2O4. The largest absolute Gasteiger partial charge is 0.454 e. The summed E-state index contributed by atoms with van der Waals surface area (Å²) in [6.45, 7) is 2.51. The topological polar surface area (TPSA) is 59.1 Å². The van der Waals surface area contributed by atoms with Crippen LogP contribution in [0, 0.1) is 11.8 Å². The quantitative estimate of drug-likeness (QED) is 0.782. The summed E-state index contributed by atoms with van der Waals surface area (Å²) in [5, 5.41) is 0. The summed E-state index contributed by atoms with van der Waals surface area (Å²) in [6, 6.07) is 5.73. The molecule has 6 heteroatoms. The highest BCUT2D eigenvalue weighted by Gasteiger charge is 2.44. The number of rotatable bonds is 1. The molecule has 0 radical (unpaired) electrons. The van der Waals surface area contributed by atoms with E-state index in [0.717, 1.165) is 38.9 Å². The van der Waals surface area contributed by atoms with Crippen molar-refractivity contribution < 1.29 is 19.1 Å². The van der Waals surface area contributed by atoms with Gasteiger partial charge in [-0.25, -0.2) is 0 Å². The number of benzene rings is 1. The third kappa shape index (κ3) is 2.46. The predicted molar refractivity (Wildman–Crippen MR) is 89.4 cm³/mol. The summed E-state index contributed by atoms with van der Waals surface area (Å²) in [7, 11) is 0. The lowest BCUT2D eigenvalue weighted by atomic mass is 9.76. The van der Waals surface area contributed by atoms with E-state index in [1.807, 2.05) is 17.0 Å². The van der Waals surface area contributed by atoms with Crippen molar-refractivity contribution in [1.29, 1.82) is 0 Å². The van der Waals surface area contributed by atoms with Gasteiger partial charge in [0.05, 0.1) is 0 Å². The number of fused-ring (bicyclic) bond motifs is 5. The van der Waals surface area contributed by atoms with Crippen LogP contribution in [0.2, 0.25) is 0 Å². The van der Waals surface area contributed by atoms with E-state index in [0.29, 0.717) is 47.3 Å². The predicted octanol–water partition coefficient (Wildman–Crippen LogP) is 1.89. The molecular weight excluding hydrogens is 320 g/mol. The summed E-state index contributed by atoms with van der Waals surface area (Å²) >= 11 is 0. The van der Waals surface area contributed by atoms with E-state index in [1.54, 1.807) is 6.07 Å². The minimum atomic E-state index is 0.0589. The summed E-state index contributed by atoms with van der Waals surface area (Å²) in [4.78, 5) is 29.3. The smallest absolute Gasteiger partial charge is 0.254 e. The lowest BCUT2D eigenvalue weighted by molar-refractivity contribution is -0.144. The average Bonchev–Trinajstić information content (AvgIpc) is 3.09. The van der Waals surface area contributed by atoms with Crippen molar-refractivity contribution in [1.82, 2.24) is 9.80 Å². The lowest BCUT2D eigenvalue weighted by Crippen LogP contribution is -2.61. The molecule has 0 spiro atoms. The van der Waals surface area contributed by atoms with Gasteiger partial charge in [-0.2, -0.15) is 0 Å². The minimum Gasteiger partial charge on any atom is -0.454 e. The summed E-state index contributed by atoms with van der Waals surface area (Å²) in [5.74, 6) is 2.52. The van der Waals surface area contributed by atoms with E-state index < -0.39 is 0 Å². The lowest BCUT2D eigenvalue weighted by Gasteiger charge is -2.52. The number of carbonyl (C=O) groups excluding carboxylic acids is 2. The van der Waals surface area contributed by atoms with E-state index >= 15 is 0 Å². The molecule has 0 aromatic heterocycles. The zero-order chi connectivity index (χ0) is 17.0. The molecule has 6 nitrogen and oxygen atoms in total. The van der Waals surface area contributed by atoms with Gasteiger partial charge in [0.1, 0.15) is 0 Å². The minimum absolute atomic E-state index is 0.0589. The molecule has 1 aromatic carbocycles. The average molecular weight is 342 g/mol. The van der Waals surface area contributed by atoms with E-state index in [4.69, 9.17) is 9.47 Å². The van der Waals surface area contributed by atoms with Crippen LogP contribution in [0.5, 0.6) is 11.5 Å². The second-order valence-electron chi connectivity index (χ2n) is 7.65. The maximum Gasteiger partial charge on any atom is 0.254 e. The highest BCUT2D eigenvalue weighted by atomic mass is 16.7. The SMILES string of the molecule is O=C(c1ccc2c(c1)OCO2)N1CC2CC(C1)[C@H]1CCCC(=O)N1C2. The Balaban J connectivity index is 1.36. The fourth-order valence-electron chi connectivity index (χ4n) is 4.99. The van der Waals surface area contributed by atoms with Gasteiger partial charge in [0.15, 0.2) is 11.5 Å². The molecule has 25 heavy (non-hydrogen) atoms. The number of likely N-dealkylation sites (tertiary alicyclic amines) is 1. The van der Waals surface area contributed by atoms with Crippen LogP contribution in [0.15, 0.2) is 18.2 Å². The van der Waals surface area contributed by atoms with Crippen molar-refractivity contribution in [3.05, 3.63) is 23.8 Å². The number of ether oxygens (including phenoxy) is 2. The van der Waals surface area contributed by atoms with Crippen LogP contribution in [-0.2, 0) is 4.79 Å². The first kappa shape index (κ1) is 15.0. The molecule has 5 rings (SSSR count). The van der Waals surface area contributed by atoms with Crippen LogP contribution >= 0.6 is 0 Å². The van der Waals surface area contributed by atoms with Gasteiger partial charge in [-0.05, 0) is 49.3 Å². The van der Waals surface area contributed by atoms with Crippen molar-refractivity contribution in [2.45, 2.75) is 31.7 Å². The molecule has 1 aromatic rings. The van der Waals surface area contributed by atoms with Gasteiger partial charge < -0.3 is 19.3 Å². The van der Waals surface area contributed by atoms with Gasteiger partial charge in [0, 0.05) is 37.7 Å². The van der Waals surface area contributed by atoms with Crippen molar-refractivity contribution in [3.63, 3.8) is 0 Å². The summed E-state index contributed by atoms with van der Waals surface area (Å²) < 4.78 is 10.7. The van der Waals surface area contributed by atoms with E-state index in [1.165, 1.54) is 0 Å². The Morgan fingerprint density at radius 2 is 2.00 bits per heavy atom. The van der Waals surface area contributed by atoms with Crippen LogP contribution in [0.3, 0.4) is 0 Å². The Morgan fingerprint density at radius 1 is 1.12 bits per heavy atom. The summed E-state index contributed by atoms with van der Waals surface area (Å²) in [6.07, 6.45) is 3.89. The van der Waals surface area contributed by atoms with E-state index in [9.17, 15) is 9.59 Å². The Hall–Kier alpha value is -2.24. The fourth-order valence-corrected chi connectivity index (χ4v) is 4.99. The highest BCUT2D eigenvalue weighted by molar-refractivity contribution is 5.95. The molecule has 0 saturated carbocycles. The van der Waals surface area contributed by atoms with Crippen LogP contribution in [0.1, 0.15) is 36.0 Å². The van der Waals surface area contributed by atoms with E-state index in [2.05, 4.69) is 4.90 Å². The van der Waals surface area contributed by atoms with Gasteiger partial charge >= 0.3 is 0 Å². The number of amides is 2. The first-order valence-corrected chi connectivity index (χ1v) is 9.17. The third-order valence-electron chi connectivity index (χ3n) is 6.09. The molecule has 4 heterocycles. The van der Waals surface area contributed by atoms with E-state index in [-0.39, 0.29) is 12.7 Å². The zero-order valence-electron chi connectivity index (χ0n) is 14.1. The maximum absolute atomic E-state index is 13.0. The Kier molecular flexibility index (Phi) is 3.40. The molecule has 3 saturated heterocycles. The monoisotopic (exact) mass is 342 g/mol. The van der Waals surface area contributed by atoms with Gasteiger partial charge in [-0.1, -0.05) is 0 Å². The fraction of sp³-hybridized carbons (Fsp3) is 0.579. The van der Waals surface area contributed by atoms with Gasteiger partial charge in [0.2, 0.25) is 12.7 Å². The molecule has 2 bridgehead atoms. The van der Waals surface area contributed by atoms with Crippen molar-refractivity contribution >= 4 is 11.8 Å². The molecule has 3 fully saturated rings. The van der Waals surface area contributed by atoms with Crippen molar-refractivity contribution in [2.24, 2.45) is 11.8 Å². The van der Waals surface area contributed by atoms with Gasteiger partial charge in [0.25, 0.3) is 5.91 Å².